The monoisotopic (exact) mass is 443 g/mol. The maximum atomic E-state index is 12.8. The van der Waals surface area contributed by atoms with Crippen molar-refractivity contribution in [2.75, 3.05) is 0 Å². The third-order valence-corrected chi connectivity index (χ3v) is 5.66. The van der Waals surface area contributed by atoms with Crippen molar-refractivity contribution in [3.63, 3.8) is 0 Å². The number of aromatic nitrogens is 1. The first-order valence-electron chi connectivity index (χ1n) is 9.57. The van der Waals surface area contributed by atoms with E-state index in [1.807, 2.05) is 36.4 Å². The van der Waals surface area contributed by atoms with Crippen molar-refractivity contribution in [1.29, 1.82) is 0 Å². The largest absolute Gasteiger partial charge is 0.481 e. The molecule has 156 valence electrons. The Morgan fingerprint density at radius 3 is 2.23 bits per heavy atom. The summed E-state index contributed by atoms with van der Waals surface area (Å²) >= 11 is 12.4. The number of hydrogen-bond acceptors (Lipinski definition) is 2. The minimum Gasteiger partial charge on any atom is -0.481 e. The topological polar surface area (TPSA) is 59.3 Å². The van der Waals surface area contributed by atoms with Crippen molar-refractivity contribution in [1.82, 2.24) is 4.57 Å². The lowest BCUT2D eigenvalue weighted by atomic mass is 9.76. The predicted octanol–water partition coefficient (Wildman–Crippen LogP) is 6.70. The number of carboxylic acid groups (broad SMARTS) is 1. The van der Waals surface area contributed by atoms with E-state index in [0.717, 1.165) is 41.5 Å². The van der Waals surface area contributed by atoms with Crippen LogP contribution >= 0.6 is 23.2 Å². The Kier molecular flexibility index (Phi) is 6.39. The second-order valence-corrected chi connectivity index (χ2v) is 8.96. The lowest BCUT2D eigenvalue weighted by Crippen LogP contribution is -2.27. The number of carbonyl (C=O) groups is 2. The normalized spacial score (nSPS) is 14.5. The summed E-state index contributed by atoms with van der Waals surface area (Å²) < 4.78 is 2.16. The molecule has 3 aromatic rings. The Balaban J connectivity index is 0.000000589. The Morgan fingerprint density at radius 1 is 1.00 bits per heavy atom. The highest BCUT2D eigenvalue weighted by atomic mass is 35.5. The van der Waals surface area contributed by atoms with Gasteiger partial charge in [-0.25, -0.2) is 0 Å². The zero-order valence-corrected chi connectivity index (χ0v) is 18.6. The van der Waals surface area contributed by atoms with Crippen molar-refractivity contribution < 1.29 is 14.7 Å². The van der Waals surface area contributed by atoms with Crippen LogP contribution in [0.4, 0.5) is 0 Å². The zero-order chi connectivity index (χ0) is 22.1. The maximum Gasteiger partial charge on any atom is 0.300 e. The molecule has 0 amide bonds. The number of carboxylic acids is 1. The second kappa shape index (κ2) is 8.66. The van der Waals surface area contributed by atoms with Gasteiger partial charge in [-0.2, -0.15) is 0 Å². The van der Waals surface area contributed by atoms with Crippen molar-refractivity contribution >= 4 is 35.0 Å². The van der Waals surface area contributed by atoms with Crippen LogP contribution in [0.1, 0.15) is 43.2 Å². The number of rotatable bonds is 2. The van der Waals surface area contributed by atoms with Gasteiger partial charge in [-0.15, -0.1) is 0 Å². The average Bonchev–Trinajstić information content (AvgIpc) is 3.03. The number of carbonyl (C=O) groups excluding carboxylic acids is 1. The van der Waals surface area contributed by atoms with Crippen LogP contribution in [0.15, 0.2) is 54.6 Å². The summed E-state index contributed by atoms with van der Waals surface area (Å²) in [6.07, 6.45) is 1.40. The SMILES string of the molecule is CC(=O)O.CC1(C)CC(=O)c2cc(-c3ccccc3)n(-c3ccc(Cl)c(Cl)c3)c2C1. The molecule has 0 saturated carbocycles. The summed E-state index contributed by atoms with van der Waals surface area (Å²) in [4.78, 5) is 21.8. The van der Waals surface area contributed by atoms with Gasteiger partial charge in [-0.1, -0.05) is 67.4 Å². The first kappa shape index (κ1) is 22.1. The molecule has 4 nitrogen and oxygen atoms in total. The number of halogens is 2. The van der Waals surface area contributed by atoms with Crippen molar-refractivity contribution in [3.8, 4) is 16.9 Å². The highest BCUT2D eigenvalue weighted by molar-refractivity contribution is 6.42. The summed E-state index contributed by atoms with van der Waals surface area (Å²) in [5.41, 5.74) is 4.78. The number of nitrogens with zero attached hydrogens (tertiary/aromatic N) is 1. The molecule has 1 heterocycles. The Bertz CT molecular complexity index is 1100. The molecule has 0 radical (unpaired) electrons. The van der Waals surface area contributed by atoms with E-state index in [0.29, 0.717) is 16.5 Å². The molecular weight excluding hydrogens is 421 g/mol. The van der Waals surface area contributed by atoms with E-state index in [1.165, 1.54) is 0 Å². The van der Waals surface area contributed by atoms with Gasteiger partial charge in [0.1, 0.15) is 0 Å². The first-order valence-corrected chi connectivity index (χ1v) is 10.3. The van der Waals surface area contributed by atoms with Crippen LogP contribution in [0.25, 0.3) is 16.9 Å². The second-order valence-electron chi connectivity index (χ2n) is 8.15. The summed E-state index contributed by atoms with van der Waals surface area (Å²) in [5, 5.41) is 8.45. The number of benzene rings is 2. The highest BCUT2D eigenvalue weighted by Gasteiger charge is 2.35. The third-order valence-electron chi connectivity index (χ3n) is 4.92. The van der Waals surface area contributed by atoms with Gasteiger partial charge in [0.25, 0.3) is 5.97 Å². The Hall–Kier alpha value is -2.56. The molecule has 2 aromatic carbocycles. The van der Waals surface area contributed by atoms with E-state index in [1.54, 1.807) is 6.07 Å². The number of fused-ring (bicyclic) bond motifs is 1. The van der Waals surface area contributed by atoms with E-state index in [9.17, 15) is 4.79 Å². The molecule has 0 bridgehead atoms. The van der Waals surface area contributed by atoms with Crippen LogP contribution in [-0.2, 0) is 11.2 Å². The van der Waals surface area contributed by atoms with Gasteiger partial charge in [0.15, 0.2) is 5.78 Å². The summed E-state index contributed by atoms with van der Waals surface area (Å²) in [6.45, 7) is 5.37. The number of hydrogen-bond donors (Lipinski definition) is 1. The van der Waals surface area contributed by atoms with Crippen molar-refractivity contribution in [2.24, 2.45) is 5.41 Å². The van der Waals surface area contributed by atoms with Gasteiger partial charge in [0, 0.05) is 30.3 Å². The van der Waals surface area contributed by atoms with Gasteiger partial charge in [-0.3, -0.25) is 9.59 Å². The molecular formula is C24H23Cl2NO3. The van der Waals surface area contributed by atoms with Crippen molar-refractivity contribution in [2.45, 2.75) is 33.6 Å². The molecule has 1 aliphatic carbocycles. The van der Waals surface area contributed by atoms with Crippen LogP contribution < -0.4 is 0 Å². The summed E-state index contributed by atoms with van der Waals surface area (Å²) in [5.74, 6) is -0.632. The van der Waals surface area contributed by atoms with E-state index >= 15 is 0 Å². The molecule has 1 N–H and O–H groups in total. The van der Waals surface area contributed by atoms with E-state index < -0.39 is 5.97 Å². The number of ketones is 1. The smallest absolute Gasteiger partial charge is 0.300 e. The van der Waals surface area contributed by atoms with Gasteiger partial charge in [-0.05, 0) is 41.7 Å². The molecule has 0 fully saturated rings. The molecule has 0 saturated heterocycles. The molecule has 6 heteroatoms. The summed E-state index contributed by atoms with van der Waals surface area (Å²) in [6, 6.07) is 17.8. The molecule has 0 atom stereocenters. The highest BCUT2D eigenvalue weighted by Crippen LogP contribution is 2.40. The fourth-order valence-electron chi connectivity index (χ4n) is 3.75. The molecule has 0 aliphatic heterocycles. The maximum absolute atomic E-state index is 12.8. The quantitative estimate of drug-likeness (QED) is 0.479. The fourth-order valence-corrected chi connectivity index (χ4v) is 4.04. The van der Waals surface area contributed by atoms with Gasteiger partial charge in [0.2, 0.25) is 0 Å². The third kappa shape index (κ3) is 4.77. The molecule has 1 aromatic heterocycles. The number of aliphatic carboxylic acids is 1. The fraction of sp³-hybridized carbons (Fsp3) is 0.250. The standard InChI is InChI=1S/C22H19Cl2NO.C2H4O2/c1-22(2)12-20-16(21(26)13-22)11-19(14-6-4-3-5-7-14)25(20)15-8-9-17(23)18(24)10-15;1-2(3)4/h3-11H,12-13H2,1-2H3;1H3,(H,3,4). The Labute approximate surface area is 186 Å². The van der Waals surface area contributed by atoms with Gasteiger partial charge >= 0.3 is 0 Å². The predicted molar refractivity (Wildman–Crippen MR) is 121 cm³/mol. The molecule has 1 aliphatic rings. The number of Topliss-reactive ketones (excluding diaryl/α,β-unsaturated/α-hetero) is 1. The van der Waals surface area contributed by atoms with Crippen LogP contribution in [0.5, 0.6) is 0 Å². The summed E-state index contributed by atoms with van der Waals surface area (Å²) in [7, 11) is 0. The minimum absolute atomic E-state index is 0.0651. The Morgan fingerprint density at radius 2 is 1.63 bits per heavy atom. The average molecular weight is 444 g/mol. The van der Waals surface area contributed by atoms with Crippen LogP contribution in [0.2, 0.25) is 10.0 Å². The van der Waals surface area contributed by atoms with E-state index in [4.69, 9.17) is 33.1 Å². The molecule has 30 heavy (non-hydrogen) atoms. The molecule has 0 spiro atoms. The van der Waals surface area contributed by atoms with Gasteiger partial charge in [0.05, 0.1) is 15.7 Å². The molecule has 4 rings (SSSR count). The lowest BCUT2D eigenvalue weighted by Gasteiger charge is -2.30. The molecule has 0 unspecified atom stereocenters. The lowest BCUT2D eigenvalue weighted by molar-refractivity contribution is -0.134. The van der Waals surface area contributed by atoms with Crippen LogP contribution in [0.3, 0.4) is 0 Å². The zero-order valence-electron chi connectivity index (χ0n) is 17.1. The minimum atomic E-state index is -0.833. The van der Waals surface area contributed by atoms with E-state index in [-0.39, 0.29) is 11.2 Å². The van der Waals surface area contributed by atoms with Crippen molar-refractivity contribution in [3.05, 3.63) is 75.9 Å². The van der Waals surface area contributed by atoms with E-state index in [2.05, 4.69) is 30.5 Å². The van der Waals surface area contributed by atoms with Crippen LogP contribution in [0, 0.1) is 5.41 Å². The van der Waals surface area contributed by atoms with Gasteiger partial charge < -0.3 is 9.67 Å². The first-order chi connectivity index (χ1) is 14.1. The van der Waals surface area contributed by atoms with Crippen LogP contribution in [-0.4, -0.2) is 21.4 Å².